The third-order valence-corrected chi connectivity index (χ3v) is 5.54. The number of halogens is 2. The molecule has 2 rings (SSSR count). The number of carbonyl (C=O) groups excluding carboxylic acids is 1. The first-order valence-corrected chi connectivity index (χ1v) is 11.3. The van der Waals surface area contributed by atoms with Crippen LogP contribution in [0.4, 0.5) is 19.3 Å². The quantitative estimate of drug-likeness (QED) is 0.440. The van der Waals surface area contributed by atoms with Gasteiger partial charge in [-0.05, 0) is 76.2 Å². The summed E-state index contributed by atoms with van der Waals surface area (Å²) in [5.74, 6) is -0.710. The largest absolute Gasteiger partial charge is 0.494 e. The third-order valence-electron chi connectivity index (χ3n) is 5.54. The van der Waals surface area contributed by atoms with Crippen molar-refractivity contribution in [2.75, 3.05) is 31.6 Å². The van der Waals surface area contributed by atoms with Gasteiger partial charge in [0.25, 0.3) is 0 Å². The SMILES string of the molecule is CCOc1ccc(CN(C(=O)Nc2ccc(F)cc2F)C(C)CCCN(CC)CC)cc1. The summed E-state index contributed by atoms with van der Waals surface area (Å²) in [6.45, 7) is 12.1. The van der Waals surface area contributed by atoms with E-state index in [1.807, 2.05) is 38.1 Å². The number of benzene rings is 2. The van der Waals surface area contributed by atoms with Crippen molar-refractivity contribution in [3.8, 4) is 5.75 Å². The zero-order chi connectivity index (χ0) is 23.5. The highest BCUT2D eigenvalue weighted by atomic mass is 19.1. The predicted molar refractivity (Wildman–Crippen MR) is 125 cm³/mol. The Kier molecular flexibility index (Phi) is 10.4. The normalized spacial score (nSPS) is 12.0. The second-order valence-electron chi connectivity index (χ2n) is 7.78. The number of nitrogens with one attached hydrogen (secondary N) is 1. The molecule has 0 saturated carbocycles. The zero-order valence-electron chi connectivity index (χ0n) is 19.5. The number of ether oxygens (including phenoxy) is 1. The Hall–Kier alpha value is -2.67. The minimum absolute atomic E-state index is 0.0385. The number of rotatable bonds is 12. The Bertz CT molecular complexity index is 842. The predicted octanol–water partition coefficient (Wildman–Crippen LogP) is 5.91. The van der Waals surface area contributed by atoms with Gasteiger partial charge < -0.3 is 19.9 Å². The monoisotopic (exact) mass is 447 g/mol. The smallest absolute Gasteiger partial charge is 0.322 e. The summed E-state index contributed by atoms with van der Waals surface area (Å²) in [5.41, 5.74) is 0.905. The van der Waals surface area contributed by atoms with E-state index < -0.39 is 17.7 Å². The van der Waals surface area contributed by atoms with Crippen molar-refractivity contribution >= 4 is 11.7 Å². The van der Waals surface area contributed by atoms with E-state index in [0.717, 1.165) is 55.9 Å². The number of carbonyl (C=O) groups is 1. The fourth-order valence-electron chi connectivity index (χ4n) is 3.57. The van der Waals surface area contributed by atoms with E-state index in [0.29, 0.717) is 13.2 Å². The molecule has 0 aromatic heterocycles. The van der Waals surface area contributed by atoms with E-state index in [1.54, 1.807) is 4.90 Å². The summed E-state index contributed by atoms with van der Waals surface area (Å²) < 4.78 is 32.8. The van der Waals surface area contributed by atoms with Crippen molar-refractivity contribution in [1.29, 1.82) is 0 Å². The van der Waals surface area contributed by atoms with Gasteiger partial charge in [-0.3, -0.25) is 0 Å². The van der Waals surface area contributed by atoms with Gasteiger partial charge in [0.2, 0.25) is 0 Å². The number of nitrogens with zero attached hydrogens (tertiary/aromatic N) is 2. The molecule has 32 heavy (non-hydrogen) atoms. The highest BCUT2D eigenvalue weighted by Crippen LogP contribution is 2.20. The van der Waals surface area contributed by atoms with E-state index in [1.165, 1.54) is 6.07 Å². The fraction of sp³-hybridized carbons (Fsp3) is 0.480. The molecular weight excluding hydrogens is 412 g/mol. The van der Waals surface area contributed by atoms with Gasteiger partial charge in [-0.2, -0.15) is 0 Å². The molecule has 2 amide bonds. The van der Waals surface area contributed by atoms with Crippen LogP contribution in [-0.2, 0) is 6.54 Å². The Morgan fingerprint density at radius 1 is 1.06 bits per heavy atom. The molecule has 0 heterocycles. The Balaban J connectivity index is 2.13. The van der Waals surface area contributed by atoms with Gasteiger partial charge in [-0.1, -0.05) is 26.0 Å². The molecule has 0 radical (unpaired) electrons. The first kappa shape index (κ1) is 25.6. The van der Waals surface area contributed by atoms with Gasteiger partial charge >= 0.3 is 6.03 Å². The maximum atomic E-state index is 14.1. The highest BCUT2D eigenvalue weighted by molar-refractivity contribution is 5.89. The van der Waals surface area contributed by atoms with Crippen LogP contribution in [0.2, 0.25) is 0 Å². The van der Waals surface area contributed by atoms with Crippen LogP contribution in [0.5, 0.6) is 5.75 Å². The molecule has 7 heteroatoms. The van der Waals surface area contributed by atoms with E-state index >= 15 is 0 Å². The topological polar surface area (TPSA) is 44.8 Å². The number of hydrogen-bond acceptors (Lipinski definition) is 3. The minimum Gasteiger partial charge on any atom is -0.494 e. The van der Waals surface area contributed by atoms with E-state index in [4.69, 9.17) is 4.74 Å². The summed E-state index contributed by atoms with van der Waals surface area (Å²) >= 11 is 0. The summed E-state index contributed by atoms with van der Waals surface area (Å²) in [5, 5.41) is 2.60. The molecule has 1 N–H and O–H groups in total. The molecule has 1 atom stereocenters. The molecule has 0 aliphatic rings. The van der Waals surface area contributed by atoms with Crippen LogP contribution < -0.4 is 10.1 Å². The van der Waals surface area contributed by atoms with Crippen LogP contribution in [0.1, 0.15) is 46.1 Å². The molecule has 0 spiro atoms. The average Bonchev–Trinajstić information content (AvgIpc) is 2.78. The molecule has 1 unspecified atom stereocenters. The lowest BCUT2D eigenvalue weighted by molar-refractivity contribution is 0.180. The first-order chi connectivity index (χ1) is 15.4. The standard InChI is InChI=1S/C25H35F2N3O2/c1-5-29(6-2)16-8-9-19(4)30(18-20-10-13-22(14-11-20)32-7-3)25(31)28-24-15-12-21(26)17-23(24)27/h10-15,17,19H,5-9,16,18H2,1-4H3,(H,28,31). The van der Waals surface area contributed by atoms with Crippen LogP contribution in [0.3, 0.4) is 0 Å². The molecular formula is C25H35F2N3O2. The lowest BCUT2D eigenvalue weighted by atomic mass is 10.1. The Morgan fingerprint density at radius 3 is 2.34 bits per heavy atom. The zero-order valence-corrected chi connectivity index (χ0v) is 19.5. The molecule has 5 nitrogen and oxygen atoms in total. The molecule has 2 aromatic rings. The highest BCUT2D eigenvalue weighted by Gasteiger charge is 2.22. The van der Waals surface area contributed by atoms with Crippen molar-refractivity contribution in [3.63, 3.8) is 0 Å². The van der Waals surface area contributed by atoms with Gasteiger partial charge in [-0.25, -0.2) is 13.6 Å². The average molecular weight is 448 g/mol. The van der Waals surface area contributed by atoms with Gasteiger partial charge in [0.1, 0.15) is 17.4 Å². The second kappa shape index (κ2) is 13.0. The molecule has 0 bridgehead atoms. The number of amides is 2. The first-order valence-electron chi connectivity index (χ1n) is 11.3. The van der Waals surface area contributed by atoms with Gasteiger partial charge in [0.15, 0.2) is 0 Å². The van der Waals surface area contributed by atoms with Crippen LogP contribution in [-0.4, -0.2) is 48.1 Å². The summed E-state index contributed by atoms with van der Waals surface area (Å²) in [6, 6.07) is 10.2. The van der Waals surface area contributed by atoms with Crippen molar-refractivity contribution < 1.29 is 18.3 Å². The molecule has 0 aliphatic heterocycles. The minimum atomic E-state index is -0.798. The van der Waals surface area contributed by atoms with E-state index in [2.05, 4.69) is 24.1 Å². The van der Waals surface area contributed by atoms with Crippen molar-refractivity contribution in [1.82, 2.24) is 9.80 Å². The van der Waals surface area contributed by atoms with Gasteiger partial charge in [0.05, 0.1) is 12.3 Å². The molecule has 0 fully saturated rings. The maximum absolute atomic E-state index is 14.1. The van der Waals surface area contributed by atoms with Crippen LogP contribution in [0.15, 0.2) is 42.5 Å². The number of urea groups is 1. The maximum Gasteiger partial charge on any atom is 0.322 e. The van der Waals surface area contributed by atoms with Gasteiger partial charge in [0, 0.05) is 18.7 Å². The van der Waals surface area contributed by atoms with Crippen molar-refractivity contribution in [3.05, 3.63) is 59.7 Å². The van der Waals surface area contributed by atoms with Crippen LogP contribution >= 0.6 is 0 Å². The van der Waals surface area contributed by atoms with Crippen molar-refractivity contribution in [2.24, 2.45) is 0 Å². The van der Waals surface area contributed by atoms with Gasteiger partial charge in [-0.15, -0.1) is 0 Å². The summed E-state index contributed by atoms with van der Waals surface area (Å²) in [6.07, 6.45) is 1.76. The lowest BCUT2D eigenvalue weighted by Crippen LogP contribution is -2.41. The second-order valence-corrected chi connectivity index (χ2v) is 7.78. The van der Waals surface area contributed by atoms with Crippen LogP contribution in [0.25, 0.3) is 0 Å². The lowest BCUT2D eigenvalue weighted by Gasteiger charge is -2.30. The summed E-state index contributed by atoms with van der Waals surface area (Å²) in [4.78, 5) is 17.1. The fourth-order valence-corrected chi connectivity index (χ4v) is 3.57. The third kappa shape index (κ3) is 7.79. The van der Waals surface area contributed by atoms with E-state index in [-0.39, 0.29) is 11.7 Å². The Labute approximate surface area is 190 Å². The Morgan fingerprint density at radius 2 is 1.75 bits per heavy atom. The molecule has 0 aliphatic carbocycles. The van der Waals surface area contributed by atoms with Crippen LogP contribution in [0, 0.1) is 11.6 Å². The number of hydrogen-bond donors (Lipinski definition) is 1. The molecule has 176 valence electrons. The molecule has 2 aromatic carbocycles. The molecule has 0 saturated heterocycles. The van der Waals surface area contributed by atoms with E-state index in [9.17, 15) is 13.6 Å². The summed E-state index contributed by atoms with van der Waals surface area (Å²) in [7, 11) is 0. The number of anilines is 1. The van der Waals surface area contributed by atoms with Crippen molar-refractivity contribution in [2.45, 2.75) is 53.1 Å².